The van der Waals surface area contributed by atoms with Crippen LogP contribution in [0.5, 0.6) is 0 Å². The van der Waals surface area contributed by atoms with E-state index in [-0.39, 0.29) is 37.5 Å². The fraction of sp³-hybridized carbons (Fsp3) is 0.754. The van der Waals surface area contributed by atoms with Crippen LogP contribution in [0.15, 0.2) is 85.1 Å². The van der Waals surface area contributed by atoms with E-state index in [4.69, 9.17) is 14.2 Å². The van der Waals surface area contributed by atoms with Crippen LogP contribution in [-0.2, 0) is 28.6 Å². The average Bonchev–Trinajstić information content (AvgIpc) is 3.41. The predicted octanol–water partition coefficient (Wildman–Crippen LogP) is 21.9. The van der Waals surface area contributed by atoms with E-state index in [9.17, 15) is 14.4 Å². The van der Waals surface area contributed by atoms with Crippen molar-refractivity contribution in [1.29, 1.82) is 0 Å². The fourth-order valence-electron chi connectivity index (χ4n) is 9.07. The first-order chi connectivity index (χ1) is 37.0. The van der Waals surface area contributed by atoms with Crippen LogP contribution in [0.25, 0.3) is 0 Å². The minimum atomic E-state index is -0.809. The second kappa shape index (κ2) is 63.1. The Balaban J connectivity index is 4.24. The second-order valence-corrected chi connectivity index (χ2v) is 21.3. The molecule has 0 aliphatic carbocycles. The van der Waals surface area contributed by atoms with E-state index in [0.717, 1.165) is 83.5 Å². The van der Waals surface area contributed by atoms with Crippen molar-refractivity contribution in [3.05, 3.63) is 85.1 Å². The maximum Gasteiger partial charge on any atom is 0.306 e. The summed E-state index contributed by atoms with van der Waals surface area (Å²) in [5.74, 6) is -0.983. The lowest BCUT2D eigenvalue weighted by atomic mass is 10.0. The molecule has 0 aromatic heterocycles. The second-order valence-electron chi connectivity index (χ2n) is 21.3. The van der Waals surface area contributed by atoms with E-state index < -0.39 is 6.10 Å². The van der Waals surface area contributed by atoms with Crippen LogP contribution in [-0.4, -0.2) is 37.2 Å². The van der Waals surface area contributed by atoms with Crippen molar-refractivity contribution in [3.8, 4) is 0 Å². The van der Waals surface area contributed by atoms with Gasteiger partial charge in [-0.3, -0.25) is 14.4 Å². The van der Waals surface area contributed by atoms with Gasteiger partial charge < -0.3 is 14.2 Å². The highest BCUT2D eigenvalue weighted by Gasteiger charge is 2.19. The number of carbonyl (C=O) groups is 3. The molecule has 6 heteroatoms. The number of carbonyl (C=O) groups excluding carboxylic acids is 3. The van der Waals surface area contributed by atoms with Gasteiger partial charge in [0.25, 0.3) is 0 Å². The molecule has 6 nitrogen and oxygen atoms in total. The van der Waals surface area contributed by atoms with Gasteiger partial charge in [0.15, 0.2) is 6.10 Å². The Kier molecular flexibility index (Phi) is 60.3. The van der Waals surface area contributed by atoms with Crippen LogP contribution >= 0.6 is 0 Å². The highest BCUT2D eigenvalue weighted by atomic mass is 16.6. The summed E-state index contributed by atoms with van der Waals surface area (Å²) in [6.45, 7) is 6.46. The smallest absolute Gasteiger partial charge is 0.306 e. The van der Waals surface area contributed by atoms with Gasteiger partial charge in [-0.25, -0.2) is 0 Å². The monoisotopic (exact) mass is 1040 g/mol. The summed E-state index contributed by atoms with van der Waals surface area (Å²) in [5, 5.41) is 0. The summed E-state index contributed by atoms with van der Waals surface area (Å²) >= 11 is 0. The first-order valence-electron chi connectivity index (χ1n) is 32.1. The Morgan fingerprint density at radius 1 is 0.280 bits per heavy atom. The summed E-state index contributed by atoms with van der Waals surface area (Å²) < 4.78 is 16.8. The first kappa shape index (κ1) is 71.6. The van der Waals surface area contributed by atoms with E-state index in [2.05, 4.69) is 99.8 Å². The Morgan fingerprint density at radius 3 is 0.907 bits per heavy atom. The lowest BCUT2D eigenvalue weighted by Gasteiger charge is -2.18. The highest BCUT2D eigenvalue weighted by Crippen LogP contribution is 2.16. The average molecular weight is 1050 g/mol. The van der Waals surface area contributed by atoms with Crippen molar-refractivity contribution >= 4 is 17.9 Å². The molecule has 0 rings (SSSR count). The third-order valence-corrected chi connectivity index (χ3v) is 13.9. The maximum atomic E-state index is 12.9. The molecule has 0 N–H and O–H groups in total. The molecule has 1 atom stereocenters. The van der Waals surface area contributed by atoms with Gasteiger partial charge in [-0.05, 0) is 103 Å². The Hall–Kier alpha value is -3.41. The number of rotatable bonds is 58. The van der Waals surface area contributed by atoms with Gasteiger partial charge in [-0.1, -0.05) is 279 Å². The van der Waals surface area contributed by atoms with Crippen LogP contribution in [0.4, 0.5) is 0 Å². The zero-order valence-corrected chi connectivity index (χ0v) is 49.6. The molecule has 0 amide bonds. The minimum Gasteiger partial charge on any atom is -0.462 e. The van der Waals surface area contributed by atoms with Gasteiger partial charge >= 0.3 is 17.9 Å². The highest BCUT2D eigenvalue weighted by molar-refractivity contribution is 5.71. The van der Waals surface area contributed by atoms with Crippen LogP contribution < -0.4 is 0 Å². The van der Waals surface area contributed by atoms with E-state index in [1.54, 1.807) is 0 Å². The molecule has 0 saturated heterocycles. The normalized spacial score (nSPS) is 12.6. The maximum absolute atomic E-state index is 12.9. The van der Waals surface area contributed by atoms with Gasteiger partial charge in [-0.2, -0.15) is 0 Å². The summed E-state index contributed by atoms with van der Waals surface area (Å²) in [6.07, 6.45) is 83.4. The number of esters is 3. The molecular weight excluding hydrogens is 925 g/mol. The van der Waals surface area contributed by atoms with Crippen molar-refractivity contribution in [1.82, 2.24) is 0 Å². The number of unbranched alkanes of at least 4 members (excludes halogenated alkanes) is 33. The third-order valence-electron chi connectivity index (χ3n) is 13.9. The zero-order chi connectivity index (χ0) is 54.3. The number of hydrogen-bond donors (Lipinski definition) is 0. The van der Waals surface area contributed by atoms with Crippen LogP contribution in [0.3, 0.4) is 0 Å². The first-order valence-corrected chi connectivity index (χ1v) is 32.1. The van der Waals surface area contributed by atoms with Crippen molar-refractivity contribution in [2.75, 3.05) is 13.2 Å². The fourth-order valence-corrected chi connectivity index (χ4v) is 9.07. The van der Waals surface area contributed by atoms with Crippen LogP contribution in [0, 0.1) is 0 Å². The van der Waals surface area contributed by atoms with E-state index in [1.165, 1.54) is 186 Å². The Bertz CT molecular complexity index is 1430. The lowest BCUT2D eigenvalue weighted by molar-refractivity contribution is -0.166. The summed E-state index contributed by atoms with van der Waals surface area (Å²) in [6, 6.07) is 0. The lowest BCUT2D eigenvalue weighted by Crippen LogP contribution is -2.30. The van der Waals surface area contributed by atoms with Gasteiger partial charge in [0.05, 0.1) is 0 Å². The molecule has 1 unspecified atom stereocenters. The van der Waals surface area contributed by atoms with Crippen LogP contribution in [0.2, 0.25) is 0 Å². The topological polar surface area (TPSA) is 78.9 Å². The molecule has 432 valence electrons. The molecule has 75 heavy (non-hydrogen) atoms. The SMILES string of the molecule is CC/C=C\C/C=C\C/C=C\C/C=C\CCC(=O)OCC(COC(=O)CCCCCCCCCCCCCCCCCCC/C=C\C/C=C\CCCCCCC)OC(=O)CCCCCCC/C=C\CCCCCCCC. The molecule has 0 aromatic rings. The summed E-state index contributed by atoms with van der Waals surface area (Å²) in [7, 11) is 0. The number of allylic oxidation sites excluding steroid dienone is 14. The Labute approximate surface area is 465 Å². The van der Waals surface area contributed by atoms with Crippen molar-refractivity contribution in [2.24, 2.45) is 0 Å². The number of ether oxygens (including phenoxy) is 3. The molecule has 0 aliphatic rings. The molecule has 0 aliphatic heterocycles. The van der Waals surface area contributed by atoms with Crippen molar-refractivity contribution in [3.63, 3.8) is 0 Å². The van der Waals surface area contributed by atoms with Gasteiger partial charge in [0.2, 0.25) is 0 Å². The number of hydrogen-bond acceptors (Lipinski definition) is 6. The van der Waals surface area contributed by atoms with Gasteiger partial charge in [0.1, 0.15) is 13.2 Å². The quantitative estimate of drug-likeness (QED) is 0.0261. The van der Waals surface area contributed by atoms with Gasteiger partial charge in [-0.15, -0.1) is 0 Å². The molecule has 0 fully saturated rings. The van der Waals surface area contributed by atoms with Crippen molar-refractivity contribution < 1.29 is 28.6 Å². The van der Waals surface area contributed by atoms with Crippen molar-refractivity contribution in [2.45, 2.75) is 322 Å². The largest absolute Gasteiger partial charge is 0.462 e. The third kappa shape index (κ3) is 61.3. The molecule has 0 aromatic carbocycles. The molecule has 0 heterocycles. The predicted molar refractivity (Wildman–Crippen MR) is 325 cm³/mol. The standard InChI is InChI=1S/C69H120O6/c1-4-7-10-13-16-19-22-25-27-28-29-30-31-32-33-34-35-36-37-38-39-40-42-44-47-50-53-56-59-62-68(71)74-65-66(64-73-67(70)61-58-55-52-49-46-43-24-21-18-15-12-9-6-3)75-69(72)63-60-57-54-51-48-45-41-26-23-20-17-14-11-8-5-2/h9,12,18,21-22,25-26,28-29,41,43,46,52,55,66H,4-8,10-11,13-17,19-20,23-24,27,30-40,42,44-45,47-51,53-54,56-65H2,1-3H3/b12-9-,21-18-,25-22-,29-28-,41-26-,46-43-,55-52-. The molecule has 0 saturated carbocycles. The van der Waals surface area contributed by atoms with Gasteiger partial charge in [0, 0.05) is 19.3 Å². The van der Waals surface area contributed by atoms with E-state index in [0.29, 0.717) is 19.3 Å². The van der Waals surface area contributed by atoms with Crippen LogP contribution in [0.1, 0.15) is 316 Å². The molecule has 0 radical (unpaired) electrons. The molecular formula is C69H120O6. The minimum absolute atomic E-state index is 0.0998. The zero-order valence-electron chi connectivity index (χ0n) is 49.6. The molecule has 0 spiro atoms. The summed E-state index contributed by atoms with van der Waals surface area (Å²) in [5.41, 5.74) is 0. The molecule has 0 bridgehead atoms. The Morgan fingerprint density at radius 2 is 0.547 bits per heavy atom. The summed E-state index contributed by atoms with van der Waals surface area (Å²) in [4.78, 5) is 38.2. The van der Waals surface area contributed by atoms with E-state index >= 15 is 0 Å². The van der Waals surface area contributed by atoms with E-state index in [1.807, 2.05) is 6.08 Å².